The third-order valence-corrected chi connectivity index (χ3v) is 3.59. The van der Waals surface area contributed by atoms with E-state index in [1.54, 1.807) is 23.9 Å². The lowest BCUT2D eigenvalue weighted by atomic mass is 10.1. The summed E-state index contributed by atoms with van der Waals surface area (Å²) >= 11 is 1.76. The number of hydrogen-bond donors (Lipinski definition) is 1. The maximum Gasteiger partial charge on any atom is 0.335 e. The number of carboxylic acids is 1. The van der Waals surface area contributed by atoms with Crippen molar-refractivity contribution in [2.24, 2.45) is 0 Å². The number of aromatic nitrogens is 2. The van der Waals surface area contributed by atoms with Crippen molar-refractivity contribution >= 4 is 17.7 Å². The zero-order valence-corrected chi connectivity index (χ0v) is 11.3. The van der Waals surface area contributed by atoms with Gasteiger partial charge in [0.2, 0.25) is 0 Å². The predicted molar refractivity (Wildman–Crippen MR) is 73.1 cm³/mol. The largest absolute Gasteiger partial charge is 0.478 e. The second kappa shape index (κ2) is 6.38. The lowest BCUT2D eigenvalue weighted by Crippen LogP contribution is -1.95. The van der Waals surface area contributed by atoms with Crippen LogP contribution in [0.1, 0.15) is 29.5 Å². The Bertz CT molecular complexity index is 551. The van der Waals surface area contributed by atoms with Crippen LogP contribution >= 0.6 is 11.8 Å². The van der Waals surface area contributed by atoms with Crippen LogP contribution in [0.3, 0.4) is 0 Å². The molecule has 1 N–H and O–H groups in total. The highest BCUT2D eigenvalue weighted by molar-refractivity contribution is 7.98. The van der Waals surface area contributed by atoms with E-state index >= 15 is 0 Å². The van der Waals surface area contributed by atoms with Crippen molar-refractivity contribution in [3.05, 3.63) is 35.7 Å². The van der Waals surface area contributed by atoms with E-state index in [1.165, 1.54) is 12.1 Å². The molecule has 0 aliphatic rings. The van der Waals surface area contributed by atoms with E-state index in [2.05, 4.69) is 17.1 Å². The quantitative estimate of drug-likeness (QED) is 0.818. The van der Waals surface area contributed by atoms with Gasteiger partial charge in [-0.15, -0.1) is 0 Å². The van der Waals surface area contributed by atoms with E-state index in [4.69, 9.17) is 9.63 Å². The van der Waals surface area contributed by atoms with E-state index in [9.17, 15) is 4.79 Å². The van der Waals surface area contributed by atoms with Gasteiger partial charge in [0.25, 0.3) is 5.89 Å². The van der Waals surface area contributed by atoms with Crippen LogP contribution in [0.25, 0.3) is 11.5 Å². The molecule has 0 aliphatic carbocycles. The zero-order valence-electron chi connectivity index (χ0n) is 10.5. The Kier molecular flexibility index (Phi) is 4.57. The molecule has 5 nitrogen and oxygen atoms in total. The van der Waals surface area contributed by atoms with Crippen molar-refractivity contribution in [1.82, 2.24) is 10.1 Å². The van der Waals surface area contributed by atoms with Crippen LogP contribution in [0.5, 0.6) is 0 Å². The molecule has 0 bridgehead atoms. The van der Waals surface area contributed by atoms with Crippen molar-refractivity contribution in [1.29, 1.82) is 0 Å². The minimum atomic E-state index is -0.950. The van der Waals surface area contributed by atoms with Gasteiger partial charge in [-0.3, -0.25) is 0 Å². The van der Waals surface area contributed by atoms with E-state index in [-0.39, 0.29) is 5.56 Å². The van der Waals surface area contributed by atoms with E-state index in [1.807, 2.05) is 0 Å². The number of thioether (sulfide) groups is 1. The van der Waals surface area contributed by atoms with E-state index in [0.717, 1.165) is 23.5 Å². The number of carbonyl (C=O) groups is 1. The molecule has 0 saturated carbocycles. The van der Waals surface area contributed by atoms with Gasteiger partial charge in [-0.25, -0.2) is 4.79 Å². The SMILES string of the molecule is CCCSCc1noc(-c2ccc(C(=O)O)cc2)n1. The fraction of sp³-hybridized carbons (Fsp3) is 0.308. The molecule has 0 fully saturated rings. The molecule has 2 rings (SSSR count). The Morgan fingerprint density at radius 1 is 1.37 bits per heavy atom. The molecule has 19 heavy (non-hydrogen) atoms. The normalized spacial score (nSPS) is 10.6. The minimum absolute atomic E-state index is 0.238. The van der Waals surface area contributed by atoms with E-state index in [0.29, 0.717) is 11.7 Å². The van der Waals surface area contributed by atoms with Crippen molar-refractivity contribution in [3.8, 4) is 11.5 Å². The second-order valence-electron chi connectivity index (χ2n) is 3.95. The number of rotatable bonds is 6. The van der Waals surface area contributed by atoms with E-state index < -0.39 is 5.97 Å². The van der Waals surface area contributed by atoms with Crippen LogP contribution in [-0.4, -0.2) is 27.0 Å². The lowest BCUT2D eigenvalue weighted by molar-refractivity contribution is 0.0697. The molecular formula is C13H14N2O3S. The summed E-state index contributed by atoms with van der Waals surface area (Å²) in [4.78, 5) is 15.0. The minimum Gasteiger partial charge on any atom is -0.478 e. The van der Waals surface area contributed by atoms with Gasteiger partial charge in [0, 0.05) is 5.56 Å². The first-order valence-corrected chi connectivity index (χ1v) is 7.10. The highest BCUT2D eigenvalue weighted by Crippen LogP contribution is 2.19. The monoisotopic (exact) mass is 278 g/mol. The molecule has 1 heterocycles. The number of carboxylic acid groups (broad SMARTS) is 1. The lowest BCUT2D eigenvalue weighted by Gasteiger charge is -1.95. The molecule has 0 unspecified atom stereocenters. The summed E-state index contributed by atoms with van der Waals surface area (Å²) in [6, 6.07) is 6.38. The Morgan fingerprint density at radius 3 is 2.74 bits per heavy atom. The zero-order chi connectivity index (χ0) is 13.7. The molecule has 100 valence electrons. The molecule has 0 spiro atoms. The maximum atomic E-state index is 10.7. The highest BCUT2D eigenvalue weighted by atomic mass is 32.2. The average Bonchev–Trinajstić information content (AvgIpc) is 2.88. The third-order valence-electron chi connectivity index (χ3n) is 2.43. The van der Waals surface area contributed by atoms with Crippen LogP contribution < -0.4 is 0 Å². The molecule has 2 aromatic rings. The van der Waals surface area contributed by atoms with Crippen LogP contribution in [0, 0.1) is 0 Å². The molecular weight excluding hydrogens is 264 g/mol. The molecule has 1 aromatic heterocycles. The molecule has 0 atom stereocenters. The maximum absolute atomic E-state index is 10.7. The fourth-order valence-corrected chi connectivity index (χ4v) is 2.23. The van der Waals surface area contributed by atoms with Gasteiger partial charge in [0.15, 0.2) is 5.82 Å². The van der Waals surface area contributed by atoms with Gasteiger partial charge in [0.05, 0.1) is 11.3 Å². The molecule has 0 radical (unpaired) electrons. The molecule has 0 amide bonds. The fourth-order valence-electron chi connectivity index (χ4n) is 1.49. The Hall–Kier alpha value is -1.82. The van der Waals surface area contributed by atoms with Crippen molar-refractivity contribution in [2.45, 2.75) is 19.1 Å². The Labute approximate surface area is 115 Å². The Morgan fingerprint density at radius 2 is 2.11 bits per heavy atom. The van der Waals surface area contributed by atoms with Crippen LogP contribution in [0.15, 0.2) is 28.8 Å². The van der Waals surface area contributed by atoms with Crippen molar-refractivity contribution in [3.63, 3.8) is 0 Å². The van der Waals surface area contributed by atoms with Crippen LogP contribution in [0.2, 0.25) is 0 Å². The van der Waals surface area contributed by atoms with Crippen molar-refractivity contribution < 1.29 is 14.4 Å². The number of nitrogens with zero attached hydrogens (tertiary/aromatic N) is 2. The summed E-state index contributed by atoms with van der Waals surface area (Å²) in [5, 5.41) is 12.7. The third kappa shape index (κ3) is 3.57. The van der Waals surface area contributed by atoms with Gasteiger partial charge in [-0.2, -0.15) is 16.7 Å². The van der Waals surface area contributed by atoms with Crippen molar-refractivity contribution in [2.75, 3.05) is 5.75 Å². The summed E-state index contributed by atoms with van der Waals surface area (Å²) in [5.41, 5.74) is 0.964. The smallest absolute Gasteiger partial charge is 0.335 e. The van der Waals surface area contributed by atoms with Crippen LogP contribution in [0.4, 0.5) is 0 Å². The van der Waals surface area contributed by atoms with Crippen LogP contribution in [-0.2, 0) is 5.75 Å². The highest BCUT2D eigenvalue weighted by Gasteiger charge is 2.09. The summed E-state index contributed by atoms with van der Waals surface area (Å²) in [5.74, 6) is 1.93. The number of aromatic carboxylic acids is 1. The standard InChI is InChI=1S/C13H14N2O3S/c1-2-7-19-8-11-14-12(18-15-11)9-3-5-10(6-4-9)13(16)17/h3-6H,2,7-8H2,1H3,(H,16,17). The molecule has 0 saturated heterocycles. The molecule has 1 aromatic carbocycles. The topological polar surface area (TPSA) is 76.2 Å². The summed E-state index contributed by atoms with van der Waals surface area (Å²) in [7, 11) is 0. The average molecular weight is 278 g/mol. The first kappa shape index (κ1) is 13.6. The van der Waals surface area contributed by atoms with Gasteiger partial charge >= 0.3 is 5.97 Å². The summed E-state index contributed by atoms with van der Waals surface area (Å²) in [6.07, 6.45) is 1.12. The summed E-state index contributed by atoms with van der Waals surface area (Å²) in [6.45, 7) is 2.12. The molecule has 6 heteroatoms. The Balaban J connectivity index is 2.07. The summed E-state index contributed by atoms with van der Waals surface area (Å²) < 4.78 is 5.16. The van der Waals surface area contributed by atoms with Gasteiger partial charge in [-0.1, -0.05) is 12.1 Å². The number of hydrogen-bond acceptors (Lipinski definition) is 5. The predicted octanol–water partition coefficient (Wildman–Crippen LogP) is 3.08. The van der Waals surface area contributed by atoms with Gasteiger partial charge in [0.1, 0.15) is 0 Å². The second-order valence-corrected chi connectivity index (χ2v) is 5.06. The first-order chi connectivity index (χ1) is 9.20. The molecule has 0 aliphatic heterocycles. The van der Waals surface area contributed by atoms with Gasteiger partial charge < -0.3 is 9.63 Å². The van der Waals surface area contributed by atoms with Gasteiger partial charge in [-0.05, 0) is 36.4 Å². The first-order valence-electron chi connectivity index (χ1n) is 5.94. The number of benzene rings is 1.